The van der Waals surface area contributed by atoms with E-state index >= 15 is 0 Å². The lowest BCUT2D eigenvalue weighted by Gasteiger charge is -2.23. The summed E-state index contributed by atoms with van der Waals surface area (Å²) in [6, 6.07) is 18.6. The van der Waals surface area contributed by atoms with Crippen LogP contribution >= 0.6 is 0 Å². The summed E-state index contributed by atoms with van der Waals surface area (Å²) in [7, 11) is 0. The largest absolute Gasteiger partial charge is 0.480 e. The molecule has 1 N–H and O–H groups in total. The highest BCUT2D eigenvalue weighted by molar-refractivity contribution is 5.73. The molecule has 0 aliphatic carbocycles. The lowest BCUT2D eigenvalue weighted by Crippen LogP contribution is -2.29. The minimum Gasteiger partial charge on any atom is -0.480 e. The van der Waals surface area contributed by atoms with Gasteiger partial charge in [0.1, 0.15) is 6.54 Å². The van der Waals surface area contributed by atoms with Gasteiger partial charge in [-0.25, -0.2) is 0 Å². The predicted octanol–water partition coefficient (Wildman–Crippen LogP) is 2.65. The van der Waals surface area contributed by atoms with E-state index in [4.69, 9.17) is 10.4 Å². The summed E-state index contributed by atoms with van der Waals surface area (Å²) in [4.78, 5) is 12.8. The lowest BCUT2D eigenvalue weighted by atomic mass is 10.1. The lowest BCUT2D eigenvalue weighted by molar-refractivity contribution is -0.135. The first-order chi connectivity index (χ1) is 9.69. The molecule has 0 fully saturated rings. The van der Waals surface area contributed by atoms with E-state index in [-0.39, 0.29) is 6.54 Å². The molecule has 0 saturated carbocycles. The quantitative estimate of drug-likeness (QED) is 0.903. The minimum absolute atomic E-state index is 0.0655. The van der Waals surface area contributed by atoms with Crippen molar-refractivity contribution < 1.29 is 9.90 Å². The van der Waals surface area contributed by atoms with Crippen molar-refractivity contribution in [3.8, 4) is 6.07 Å². The number of rotatable bonds is 5. The van der Waals surface area contributed by atoms with Crippen molar-refractivity contribution >= 4 is 11.7 Å². The Balaban J connectivity index is 2.19. The third-order valence-corrected chi connectivity index (χ3v) is 2.90. The van der Waals surface area contributed by atoms with Crippen LogP contribution < -0.4 is 4.90 Å². The molecular weight excluding hydrogens is 252 g/mol. The number of hydrogen-bond donors (Lipinski definition) is 1. The van der Waals surface area contributed by atoms with Crippen LogP contribution in [-0.4, -0.2) is 17.6 Å². The van der Waals surface area contributed by atoms with Crippen LogP contribution in [0.15, 0.2) is 54.6 Å². The highest BCUT2D eigenvalue weighted by Crippen LogP contribution is 2.16. The van der Waals surface area contributed by atoms with E-state index in [2.05, 4.69) is 6.07 Å². The van der Waals surface area contributed by atoms with Crippen molar-refractivity contribution in [1.29, 1.82) is 5.26 Å². The van der Waals surface area contributed by atoms with Gasteiger partial charge in [0, 0.05) is 12.2 Å². The van der Waals surface area contributed by atoms with Crippen molar-refractivity contribution in [1.82, 2.24) is 0 Å². The van der Waals surface area contributed by atoms with Crippen molar-refractivity contribution in [3.63, 3.8) is 0 Å². The number of aliphatic carboxylic acids is 1. The third kappa shape index (κ3) is 3.59. The number of carboxylic acids is 1. The topological polar surface area (TPSA) is 64.3 Å². The zero-order chi connectivity index (χ0) is 14.4. The van der Waals surface area contributed by atoms with Crippen molar-refractivity contribution in [2.75, 3.05) is 11.4 Å². The Kier molecular flexibility index (Phi) is 4.35. The van der Waals surface area contributed by atoms with Gasteiger partial charge >= 0.3 is 5.97 Å². The Hall–Kier alpha value is -2.80. The molecule has 0 unspecified atom stereocenters. The molecule has 0 aliphatic heterocycles. The third-order valence-electron chi connectivity index (χ3n) is 2.90. The maximum atomic E-state index is 11.0. The summed E-state index contributed by atoms with van der Waals surface area (Å²) in [5, 5.41) is 17.8. The molecule has 4 heteroatoms. The minimum atomic E-state index is -0.873. The number of para-hydroxylation sites is 1. The molecule has 0 atom stereocenters. The summed E-state index contributed by atoms with van der Waals surface area (Å²) in [6.45, 7) is 0.423. The van der Waals surface area contributed by atoms with Crippen molar-refractivity contribution in [3.05, 3.63) is 65.7 Å². The van der Waals surface area contributed by atoms with Crippen LogP contribution in [0.2, 0.25) is 0 Å². The van der Waals surface area contributed by atoms with Crippen LogP contribution in [0, 0.1) is 11.3 Å². The van der Waals surface area contributed by atoms with Gasteiger partial charge in [0.2, 0.25) is 0 Å². The fourth-order valence-corrected chi connectivity index (χ4v) is 1.95. The molecule has 0 aliphatic rings. The Morgan fingerprint density at radius 1 is 1.10 bits per heavy atom. The van der Waals surface area contributed by atoms with Crippen molar-refractivity contribution in [2.45, 2.75) is 6.54 Å². The van der Waals surface area contributed by atoms with Gasteiger partial charge in [0.25, 0.3) is 0 Å². The van der Waals surface area contributed by atoms with Crippen molar-refractivity contribution in [2.24, 2.45) is 0 Å². The van der Waals surface area contributed by atoms with Gasteiger partial charge in [-0.2, -0.15) is 5.26 Å². The molecule has 0 aromatic heterocycles. The van der Waals surface area contributed by atoms with E-state index in [1.54, 1.807) is 17.0 Å². The average molecular weight is 266 g/mol. The van der Waals surface area contributed by atoms with Gasteiger partial charge in [-0.1, -0.05) is 30.3 Å². The van der Waals surface area contributed by atoms with Crippen LogP contribution in [0.3, 0.4) is 0 Å². The zero-order valence-electron chi connectivity index (χ0n) is 10.9. The molecule has 4 nitrogen and oxygen atoms in total. The summed E-state index contributed by atoms with van der Waals surface area (Å²) < 4.78 is 0. The number of hydrogen-bond acceptors (Lipinski definition) is 3. The predicted molar refractivity (Wildman–Crippen MR) is 76.3 cm³/mol. The van der Waals surface area contributed by atoms with Gasteiger partial charge in [-0.15, -0.1) is 0 Å². The summed E-state index contributed by atoms with van der Waals surface area (Å²) in [5.41, 5.74) is 2.42. The first-order valence-electron chi connectivity index (χ1n) is 6.20. The Morgan fingerprint density at radius 3 is 2.30 bits per heavy atom. The zero-order valence-corrected chi connectivity index (χ0v) is 10.9. The number of nitrogens with zero attached hydrogens (tertiary/aromatic N) is 2. The highest BCUT2D eigenvalue weighted by Gasteiger charge is 2.11. The van der Waals surface area contributed by atoms with Gasteiger partial charge < -0.3 is 10.0 Å². The van der Waals surface area contributed by atoms with Crippen LogP contribution in [-0.2, 0) is 11.3 Å². The normalized spacial score (nSPS) is 9.75. The molecule has 2 rings (SSSR count). The summed E-state index contributed by atoms with van der Waals surface area (Å²) >= 11 is 0. The number of anilines is 1. The smallest absolute Gasteiger partial charge is 0.323 e. The molecule has 0 amide bonds. The van der Waals surface area contributed by atoms with Gasteiger partial charge in [0.05, 0.1) is 11.6 Å². The van der Waals surface area contributed by atoms with E-state index in [1.165, 1.54) is 0 Å². The molecular formula is C16H14N2O2. The molecule has 2 aromatic carbocycles. The van der Waals surface area contributed by atoms with E-state index in [1.807, 2.05) is 42.5 Å². The first kappa shape index (κ1) is 13.6. The monoisotopic (exact) mass is 266 g/mol. The Labute approximate surface area is 117 Å². The fraction of sp³-hybridized carbons (Fsp3) is 0.125. The van der Waals surface area contributed by atoms with Crippen LogP contribution in [0.1, 0.15) is 11.1 Å². The molecule has 0 saturated heterocycles. The molecule has 0 spiro atoms. The Morgan fingerprint density at radius 2 is 1.75 bits per heavy atom. The van der Waals surface area contributed by atoms with E-state index in [0.29, 0.717) is 12.1 Å². The SMILES string of the molecule is N#Cc1ccc(CN(CC(=O)O)c2ccccc2)cc1. The summed E-state index contributed by atoms with van der Waals surface area (Å²) in [5.74, 6) is -0.873. The summed E-state index contributed by atoms with van der Waals surface area (Å²) in [6.07, 6.45) is 0. The standard InChI is InChI=1S/C16H14N2O2/c17-10-13-6-8-14(9-7-13)11-18(12-16(19)20)15-4-2-1-3-5-15/h1-9H,11-12H2,(H,19,20). The molecule has 100 valence electrons. The number of carbonyl (C=O) groups is 1. The Bertz CT molecular complexity index is 615. The van der Waals surface area contributed by atoms with Crippen LogP contribution in [0.4, 0.5) is 5.69 Å². The second-order valence-corrected chi connectivity index (χ2v) is 4.39. The maximum absolute atomic E-state index is 11.0. The number of carboxylic acid groups (broad SMARTS) is 1. The second-order valence-electron chi connectivity index (χ2n) is 4.39. The molecule has 0 bridgehead atoms. The first-order valence-corrected chi connectivity index (χ1v) is 6.20. The van der Waals surface area contributed by atoms with Gasteiger partial charge in [-0.05, 0) is 29.8 Å². The second kappa shape index (κ2) is 6.39. The van der Waals surface area contributed by atoms with Crippen LogP contribution in [0.5, 0.6) is 0 Å². The molecule has 20 heavy (non-hydrogen) atoms. The highest BCUT2D eigenvalue weighted by atomic mass is 16.4. The molecule has 0 heterocycles. The average Bonchev–Trinajstić information content (AvgIpc) is 2.48. The fourth-order valence-electron chi connectivity index (χ4n) is 1.95. The molecule has 0 radical (unpaired) electrons. The van der Waals surface area contributed by atoms with E-state index in [0.717, 1.165) is 11.3 Å². The van der Waals surface area contributed by atoms with Gasteiger partial charge in [0.15, 0.2) is 0 Å². The maximum Gasteiger partial charge on any atom is 0.323 e. The van der Waals surface area contributed by atoms with Crippen LogP contribution in [0.25, 0.3) is 0 Å². The van der Waals surface area contributed by atoms with E-state index < -0.39 is 5.97 Å². The van der Waals surface area contributed by atoms with E-state index in [9.17, 15) is 4.79 Å². The van der Waals surface area contributed by atoms with Gasteiger partial charge in [-0.3, -0.25) is 4.79 Å². The number of nitriles is 1. The number of benzene rings is 2. The molecule has 2 aromatic rings.